The van der Waals surface area contributed by atoms with Gasteiger partial charge in [-0.15, -0.1) is 0 Å². The number of nitrogens with zero attached hydrogens (tertiary/aromatic N) is 2. The van der Waals surface area contributed by atoms with E-state index >= 15 is 0 Å². The number of benzene rings is 6. The SMILES string of the molecule is CC(=Nc1ccc(P(c2ccccc2)c2ccccc2)cc1)c1ccc(C(C)=Nc2ccc(P(c3ccccc3)c3ccccc3)cc2)o1. The van der Waals surface area contributed by atoms with Gasteiger partial charge in [0.15, 0.2) is 0 Å². The maximum atomic E-state index is 6.25. The average Bonchev–Trinajstić information content (AvgIpc) is 3.67. The third-order valence-electron chi connectivity index (χ3n) is 8.19. The largest absolute Gasteiger partial charge is 0.454 e. The summed E-state index contributed by atoms with van der Waals surface area (Å²) >= 11 is 0. The number of aliphatic imine (C=N–C) groups is 2. The van der Waals surface area contributed by atoms with E-state index in [0.717, 1.165) is 34.3 Å². The van der Waals surface area contributed by atoms with E-state index in [2.05, 4.69) is 170 Å². The molecule has 238 valence electrons. The normalized spacial score (nSPS) is 12.1. The zero-order valence-electron chi connectivity index (χ0n) is 27.5. The Morgan fingerprint density at radius 2 is 0.612 bits per heavy atom. The molecule has 1 aromatic heterocycles. The first-order valence-electron chi connectivity index (χ1n) is 16.3. The molecule has 0 aliphatic rings. The van der Waals surface area contributed by atoms with Crippen molar-refractivity contribution >= 4 is 70.5 Å². The van der Waals surface area contributed by atoms with Gasteiger partial charge in [-0.05, 0) is 97.9 Å². The topological polar surface area (TPSA) is 37.9 Å². The first kappa shape index (κ1) is 32.4. The summed E-state index contributed by atoms with van der Waals surface area (Å²) in [5, 5.41) is 7.91. The molecule has 1 heterocycles. The standard InChI is InChI=1S/C44H36N2OP2/c1-33(45-35-23-27-41(28-24-35)48(37-15-7-3-8-16-37)38-17-9-4-10-18-38)43-31-32-44(47-43)34(2)46-36-25-29-42(30-26-36)49(39-19-11-5-12-20-39)40-21-13-6-14-22-40/h3-32H,1-2H3. The summed E-state index contributed by atoms with van der Waals surface area (Å²) in [4.78, 5) is 9.80. The van der Waals surface area contributed by atoms with E-state index < -0.39 is 15.8 Å². The molecule has 6 aromatic carbocycles. The van der Waals surface area contributed by atoms with Crippen molar-refractivity contribution in [1.29, 1.82) is 0 Å². The summed E-state index contributed by atoms with van der Waals surface area (Å²) < 4.78 is 6.25. The lowest BCUT2D eigenvalue weighted by Crippen LogP contribution is -2.20. The van der Waals surface area contributed by atoms with Gasteiger partial charge in [0.2, 0.25) is 0 Å². The summed E-state index contributed by atoms with van der Waals surface area (Å²) in [5.74, 6) is 1.47. The molecule has 0 radical (unpaired) electrons. The summed E-state index contributed by atoms with van der Waals surface area (Å²) in [7, 11) is -1.31. The fraction of sp³-hybridized carbons (Fsp3) is 0.0455. The van der Waals surface area contributed by atoms with E-state index in [9.17, 15) is 0 Å². The minimum absolute atomic E-state index is 0.654. The molecule has 0 saturated carbocycles. The zero-order chi connectivity index (χ0) is 33.4. The molecule has 0 saturated heterocycles. The van der Waals surface area contributed by atoms with Crippen molar-refractivity contribution in [2.45, 2.75) is 13.8 Å². The Morgan fingerprint density at radius 3 is 0.898 bits per heavy atom. The monoisotopic (exact) mass is 670 g/mol. The quantitative estimate of drug-likeness (QED) is 0.106. The van der Waals surface area contributed by atoms with E-state index in [1.165, 1.54) is 31.8 Å². The second kappa shape index (κ2) is 15.3. The van der Waals surface area contributed by atoms with Crippen molar-refractivity contribution in [2.24, 2.45) is 9.98 Å². The van der Waals surface area contributed by atoms with Gasteiger partial charge < -0.3 is 4.42 Å². The molecule has 0 atom stereocenters. The molecule has 0 aliphatic heterocycles. The van der Waals surface area contributed by atoms with Crippen molar-refractivity contribution < 1.29 is 4.42 Å². The third-order valence-corrected chi connectivity index (χ3v) is 13.1. The van der Waals surface area contributed by atoms with Gasteiger partial charge in [0.25, 0.3) is 0 Å². The van der Waals surface area contributed by atoms with Crippen LogP contribution in [0, 0.1) is 0 Å². The van der Waals surface area contributed by atoms with Crippen LogP contribution in [0.15, 0.2) is 196 Å². The Hall–Kier alpha value is -5.20. The Kier molecular flexibility index (Phi) is 10.1. The van der Waals surface area contributed by atoms with Crippen LogP contribution in [0.5, 0.6) is 0 Å². The maximum absolute atomic E-state index is 6.25. The molecule has 49 heavy (non-hydrogen) atoms. The predicted octanol–water partition coefficient (Wildman–Crippen LogP) is 9.08. The molecule has 5 heteroatoms. The van der Waals surface area contributed by atoms with Gasteiger partial charge in [-0.1, -0.05) is 146 Å². The lowest BCUT2D eigenvalue weighted by Gasteiger charge is -2.19. The van der Waals surface area contributed by atoms with Crippen LogP contribution in [-0.4, -0.2) is 11.4 Å². The first-order chi connectivity index (χ1) is 24.1. The number of hydrogen-bond donors (Lipinski definition) is 0. The van der Waals surface area contributed by atoms with Crippen LogP contribution in [0.2, 0.25) is 0 Å². The number of hydrogen-bond acceptors (Lipinski definition) is 3. The molecule has 7 rings (SSSR count). The lowest BCUT2D eigenvalue weighted by molar-refractivity contribution is 0.548. The second-order valence-corrected chi connectivity index (χ2v) is 16.0. The summed E-state index contributed by atoms with van der Waals surface area (Å²) in [5.41, 5.74) is 3.43. The van der Waals surface area contributed by atoms with Crippen LogP contribution < -0.4 is 31.8 Å². The van der Waals surface area contributed by atoms with Crippen molar-refractivity contribution in [3.63, 3.8) is 0 Å². The van der Waals surface area contributed by atoms with E-state index in [0.29, 0.717) is 0 Å². The molecule has 0 spiro atoms. The van der Waals surface area contributed by atoms with E-state index in [1.807, 2.05) is 26.0 Å². The van der Waals surface area contributed by atoms with E-state index in [-0.39, 0.29) is 0 Å². The van der Waals surface area contributed by atoms with Crippen LogP contribution in [0.4, 0.5) is 11.4 Å². The van der Waals surface area contributed by atoms with Gasteiger partial charge in [0.05, 0.1) is 22.8 Å². The number of furan rings is 1. The molecule has 0 unspecified atom stereocenters. The third kappa shape index (κ3) is 7.76. The molecule has 0 amide bonds. The van der Waals surface area contributed by atoms with Crippen LogP contribution in [0.25, 0.3) is 0 Å². The number of rotatable bonds is 10. The molecule has 0 bridgehead atoms. The molecule has 0 aliphatic carbocycles. The Labute approximate surface area is 291 Å². The Morgan fingerprint density at radius 1 is 0.347 bits per heavy atom. The fourth-order valence-corrected chi connectivity index (χ4v) is 10.3. The van der Waals surface area contributed by atoms with Crippen LogP contribution in [0.1, 0.15) is 25.4 Å². The zero-order valence-corrected chi connectivity index (χ0v) is 29.3. The van der Waals surface area contributed by atoms with Crippen molar-refractivity contribution in [3.05, 3.63) is 194 Å². The highest BCUT2D eigenvalue weighted by Gasteiger charge is 2.17. The fourth-order valence-electron chi connectivity index (χ4n) is 5.78. The summed E-state index contributed by atoms with van der Waals surface area (Å²) in [6.07, 6.45) is 0. The van der Waals surface area contributed by atoms with Crippen LogP contribution in [0.3, 0.4) is 0 Å². The highest BCUT2D eigenvalue weighted by molar-refractivity contribution is 7.80. The Balaban J connectivity index is 1.07. The first-order valence-corrected chi connectivity index (χ1v) is 19.0. The van der Waals surface area contributed by atoms with Crippen molar-refractivity contribution in [1.82, 2.24) is 0 Å². The van der Waals surface area contributed by atoms with Gasteiger partial charge in [0.1, 0.15) is 11.5 Å². The molecular formula is C44H36N2OP2. The highest BCUT2D eigenvalue weighted by Crippen LogP contribution is 2.34. The van der Waals surface area contributed by atoms with E-state index in [4.69, 9.17) is 14.4 Å². The van der Waals surface area contributed by atoms with Gasteiger partial charge in [-0.2, -0.15) is 0 Å². The molecule has 3 nitrogen and oxygen atoms in total. The Bertz CT molecular complexity index is 1920. The average molecular weight is 671 g/mol. The minimum Gasteiger partial charge on any atom is -0.454 e. The van der Waals surface area contributed by atoms with Gasteiger partial charge in [0, 0.05) is 0 Å². The van der Waals surface area contributed by atoms with Gasteiger partial charge in [-0.3, -0.25) is 0 Å². The van der Waals surface area contributed by atoms with Crippen molar-refractivity contribution in [2.75, 3.05) is 0 Å². The second-order valence-electron chi connectivity index (χ2n) is 11.6. The maximum Gasteiger partial charge on any atom is 0.148 e. The molecule has 0 N–H and O–H groups in total. The van der Waals surface area contributed by atoms with Gasteiger partial charge in [-0.25, -0.2) is 9.98 Å². The van der Waals surface area contributed by atoms with E-state index in [1.54, 1.807) is 0 Å². The lowest BCUT2D eigenvalue weighted by atomic mass is 10.2. The summed E-state index contributed by atoms with van der Waals surface area (Å²) in [6.45, 7) is 3.97. The smallest absolute Gasteiger partial charge is 0.148 e. The summed E-state index contributed by atoms with van der Waals surface area (Å²) in [6, 6.07) is 64.1. The van der Waals surface area contributed by atoms with Gasteiger partial charge >= 0.3 is 0 Å². The molecule has 7 aromatic rings. The molecule has 0 fully saturated rings. The van der Waals surface area contributed by atoms with Crippen LogP contribution in [-0.2, 0) is 0 Å². The predicted molar refractivity (Wildman–Crippen MR) is 213 cm³/mol. The van der Waals surface area contributed by atoms with Crippen LogP contribution >= 0.6 is 15.8 Å². The minimum atomic E-state index is -0.654. The highest BCUT2D eigenvalue weighted by atomic mass is 31.1. The molecular weight excluding hydrogens is 634 g/mol. The van der Waals surface area contributed by atoms with Crippen molar-refractivity contribution in [3.8, 4) is 0 Å².